The van der Waals surface area contributed by atoms with Gasteiger partial charge in [0.15, 0.2) is 0 Å². The van der Waals surface area contributed by atoms with Crippen LogP contribution in [0.15, 0.2) is 77.3 Å². The van der Waals surface area contributed by atoms with Crippen LogP contribution in [-0.2, 0) is 0 Å². The highest BCUT2D eigenvalue weighted by Crippen LogP contribution is 2.29. The third kappa shape index (κ3) is 1.79. The molecule has 0 atom stereocenters. The monoisotopic (exact) mass is 361 g/mol. The van der Waals surface area contributed by atoms with Gasteiger partial charge in [-0.2, -0.15) is 0 Å². The summed E-state index contributed by atoms with van der Waals surface area (Å²) >= 11 is 3.51. The summed E-state index contributed by atoms with van der Waals surface area (Å²) in [6, 6.07) is 25.0. The molecule has 2 aromatic heterocycles. The average Bonchev–Trinajstić information content (AvgIpc) is 3.10. The Morgan fingerprint density at radius 2 is 1.35 bits per heavy atom. The Balaban J connectivity index is 2.01. The molecule has 4 heteroatoms. The molecule has 2 heterocycles. The lowest BCUT2D eigenvalue weighted by molar-refractivity contribution is 1.11. The third-order valence-electron chi connectivity index (χ3n) is 4.19. The minimum absolute atomic E-state index is 0.940. The van der Waals surface area contributed by atoms with Crippen LogP contribution in [0.4, 0.5) is 0 Å². The lowest BCUT2D eigenvalue weighted by atomic mass is 10.2. The first kappa shape index (κ1) is 12.9. The van der Waals surface area contributed by atoms with Crippen molar-refractivity contribution < 1.29 is 0 Å². The van der Waals surface area contributed by atoms with Gasteiger partial charge in [-0.05, 0) is 48.5 Å². The van der Waals surface area contributed by atoms with E-state index in [1.54, 1.807) is 0 Å². The standard InChI is InChI=1S/C19H12BrN3/c20-13-9-11-14(12-10-13)22-17-7-3-4-8-18(17)23-16-6-2-1-5-15(16)21-19(22)23/h1-12H. The van der Waals surface area contributed by atoms with Gasteiger partial charge in [0.25, 0.3) is 0 Å². The molecular formula is C19H12BrN3. The maximum atomic E-state index is 4.87. The molecule has 23 heavy (non-hydrogen) atoms. The van der Waals surface area contributed by atoms with Gasteiger partial charge in [0, 0.05) is 10.2 Å². The maximum Gasteiger partial charge on any atom is 0.220 e. The predicted octanol–water partition coefficient (Wildman–Crippen LogP) is 5.19. The van der Waals surface area contributed by atoms with Gasteiger partial charge in [-0.25, -0.2) is 4.98 Å². The lowest BCUT2D eigenvalue weighted by Crippen LogP contribution is -1.94. The van der Waals surface area contributed by atoms with Crippen molar-refractivity contribution in [2.24, 2.45) is 0 Å². The first-order valence-electron chi connectivity index (χ1n) is 7.45. The summed E-state index contributed by atoms with van der Waals surface area (Å²) in [4.78, 5) is 4.87. The number of nitrogens with zero attached hydrogens (tertiary/aromatic N) is 3. The zero-order chi connectivity index (χ0) is 15.4. The van der Waals surface area contributed by atoms with Crippen LogP contribution in [0, 0.1) is 0 Å². The minimum Gasteiger partial charge on any atom is -0.278 e. The summed E-state index contributed by atoms with van der Waals surface area (Å²) in [5, 5.41) is 0. The van der Waals surface area contributed by atoms with Crippen LogP contribution in [0.3, 0.4) is 0 Å². The quantitative estimate of drug-likeness (QED) is 0.402. The van der Waals surface area contributed by atoms with Gasteiger partial charge in [0.05, 0.1) is 22.1 Å². The van der Waals surface area contributed by atoms with Crippen molar-refractivity contribution in [3.8, 4) is 5.69 Å². The smallest absolute Gasteiger partial charge is 0.220 e. The van der Waals surface area contributed by atoms with Crippen molar-refractivity contribution in [2.45, 2.75) is 0 Å². The summed E-state index contributed by atoms with van der Waals surface area (Å²) in [6.45, 7) is 0. The van der Waals surface area contributed by atoms with Crippen LogP contribution in [0.25, 0.3) is 33.5 Å². The number of para-hydroxylation sites is 4. The molecule has 0 unspecified atom stereocenters. The van der Waals surface area contributed by atoms with Crippen LogP contribution < -0.4 is 0 Å². The summed E-state index contributed by atoms with van der Waals surface area (Å²) in [6.07, 6.45) is 0. The highest BCUT2D eigenvalue weighted by Gasteiger charge is 2.16. The van der Waals surface area contributed by atoms with E-state index in [0.717, 1.165) is 32.5 Å². The van der Waals surface area contributed by atoms with Gasteiger partial charge in [-0.3, -0.25) is 8.97 Å². The molecule has 5 rings (SSSR count). The molecule has 0 aliphatic rings. The molecule has 5 aromatic rings. The number of halogens is 1. The highest BCUT2D eigenvalue weighted by molar-refractivity contribution is 9.10. The van der Waals surface area contributed by atoms with E-state index in [1.807, 2.05) is 6.07 Å². The molecular weight excluding hydrogens is 350 g/mol. The number of aromatic nitrogens is 3. The molecule has 110 valence electrons. The number of imidazole rings is 2. The van der Waals surface area contributed by atoms with Gasteiger partial charge in [-0.15, -0.1) is 0 Å². The summed E-state index contributed by atoms with van der Waals surface area (Å²) < 4.78 is 5.51. The van der Waals surface area contributed by atoms with Crippen LogP contribution in [0.2, 0.25) is 0 Å². The molecule has 0 aliphatic carbocycles. The van der Waals surface area contributed by atoms with E-state index in [2.05, 4.69) is 91.6 Å². The Morgan fingerprint density at radius 1 is 0.696 bits per heavy atom. The Bertz CT molecular complexity index is 1170. The number of hydrogen-bond donors (Lipinski definition) is 0. The molecule has 0 saturated carbocycles. The van der Waals surface area contributed by atoms with Crippen molar-refractivity contribution in [3.63, 3.8) is 0 Å². The van der Waals surface area contributed by atoms with Crippen LogP contribution >= 0.6 is 15.9 Å². The number of benzene rings is 3. The van der Waals surface area contributed by atoms with Crippen molar-refractivity contribution in [1.29, 1.82) is 0 Å². The number of fused-ring (bicyclic) bond motifs is 5. The predicted molar refractivity (Wildman–Crippen MR) is 97.2 cm³/mol. The third-order valence-corrected chi connectivity index (χ3v) is 4.72. The number of hydrogen-bond acceptors (Lipinski definition) is 1. The second kappa shape index (κ2) is 4.70. The molecule has 0 fully saturated rings. The summed E-state index contributed by atoms with van der Waals surface area (Å²) in [7, 11) is 0. The van der Waals surface area contributed by atoms with E-state index in [4.69, 9.17) is 4.98 Å². The second-order valence-corrected chi connectivity index (χ2v) is 6.45. The largest absolute Gasteiger partial charge is 0.278 e. The van der Waals surface area contributed by atoms with Gasteiger partial charge in [0.1, 0.15) is 0 Å². The average molecular weight is 362 g/mol. The minimum atomic E-state index is 0.940. The van der Waals surface area contributed by atoms with Gasteiger partial charge < -0.3 is 0 Å². The molecule has 3 aromatic carbocycles. The zero-order valence-electron chi connectivity index (χ0n) is 12.1. The Kier molecular flexibility index (Phi) is 2.64. The van der Waals surface area contributed by atoms with Crippen molar-refractivity contribution in [3.05, 3.63) is 77.3 Å². The van der Waals surface area contributed by atoms with Crippen molar-refractivity contribution in [2.75, 3.05) is 0 Å². The Labute approximate surface area is 140 Å². The zero-order valence-corrected chi connectivity index (χ0v) is 13.7. The number of rotatable bonds is 1. The van der Waals surface area contributed by atoms with E-state index in [0.29, 0.717) is 0 Å². The first-order chi connectivity index (χ1) is 11.3. The maximum absolute atomic E-state index is 4.87. The van der Waals surface area contributed by atoms with Crippen molar-refractivity contribution >= 4 is 43.8 Å². The fourth-order valence-electron chi connectivity index (χ4n) is 3.20. The normalized spacial score (nSPS) is 11.7. The van der Waals surface area contributed by atoms with Crippen LogP contribution in [0.5, 0.6) is 0 Å². The molecule has 0 amide bonds. The van der Waals surface area contributed by atoms with Gasteiger partial charge in [0.2, 0.25) is 5.78 Å². The van der Waals surface area contributed by atoms with E-state index in [-0.39, 0.29) is 0 Å². The van der Waals surface area contributed by atoms with Crippen LogP contribution in [-0.4, -0.2) is 14.0 Å². The second-order valence-electron chi connectivity index (χ2n) is 5.54. The molecule has 0 saturated heterocycles. The Morgan fingerprint density at radius 3 is 2.13 bits per heavy atom. The van der Waals surface area contributed by atoms with E-state index >= 15 is 0 Å². The fourth-order valence-corrected chi connectivity index (χ4v) is 3.46. The SMILES string of the molecule is Brc1ccc(-n2c3ccccc3n3c4ccccc4nc23)cc1. The summed E-state index contributed by atoms with van der Waals surface area (Å²) in [5.74, 6) is 0.940. The van der Waals surface area contributed by atoms with Crippen LogP contribution in [0.1, 0.15) is 0 Å². The molecule has 0 aliphatic heterocycles. The molecule has 0 N–H and O–H groups in total. The van der Waals surface area contributed by atoms with Gasteiger partial charge in [-0.1, -0.05) is 40.2 Å². The van der Waals surface area contributed by atoms with Crippen molar-refractivity contribution in [1.82, 2.24) is 14.0 Å². The molecule has 3 nitrogen and oxygen atoms in total. The molecule has 0 radical (unpaired) electrons. The highest BCUT2D eigenvalue weighted by atomic mass is 79.9. The molecule has 0 bridgehead atoms. The fraction of sp³-hybridized carbons (Fsp3) is 0. The van der Waals surface area contributed by atoms with E-state index in [9.17, 15) is 0 Å². The van der Waals surface area contributed by atoms with E-state index in [1.165, 1.54) is 5.52 Å². The first-order valence-corrected chi connectivity index (χ1v) is 8.25. The van der Waals surface area contributed by atoms with Gasteiger partial charge >= 0.3 is 0 Å². The lowest BCUT2D eigenvalue weighted by Gasteiger charge is -2.05. The van der Waals surface area contributed by atoms with E-state index < -0.39 is 0 Å². The summed E-state index contributed by atoms with van der Waals surface area (Å²) in [5.41, 5.74) is 5.57. The Hall–Kier alpha value is -2.59. The molecule has 0 spiro atoms. The topological polar surface area (TPSA) is 22.2 Å².